The van der Waals surface area contributed by atoms with Crippen molar-refractivity contribution >= 4 is 10.8 Å². The van der Waals surface area contributed by atoms with E-state index in [9.17, 15) is 4.79 Å². The van der Waals surface area contributed by atoms with Crippen molar-refractivity contribution in [2.24, 2.45) is 0 Å². The number of hydrogen-bond acceptors (Lipinski definition) is 2. The quantitative estimate of drug-likeness (QED) is 0.835. The van der Waals surface area contributed by atoms with Crippen molar-refractivity contribution in [1.29, 1.82) is 0 Å². The van der Waals surface area contributed by atoms with Crippen LogP contribution in [0.5, 0.6) is 5.75 Å². The number of H-pyrrole nitrogens is 1. The molecule has 0 spiro atoms. The monoisotopic (exact) mass is 215 g/mol. The molecule has 82 valence electrons. The predicted molar refractivity (Wildman–Crippen MR) is 63.1 cm³/mol. The summed E-state index contributed by atoms with van der Waals surface area (Å²) in [5.74, 6) is 1.35. The van der Waals surface area contributed by atoms with Crippen molar-refractivity contribution in [3.8, 4) is 5.75 Å². The summed E-state index contributed by atoms with van der Waals surface area (Å²) < 4.78 is 5.17. The van der Waals surface area contributed by atoms with Crippen LogP contribution in [0.1, 0.15) is 24.5 Å². The van der Waals surface area contributed by atoms with Crippen LogP contribution in [0.3, 0.4) is 0 Å². The lowest BCUT2D eigenvalue weighted by Crippen LogP contribution is -2.08. The Kier molecular flexibility index (Phi) is 1.99. The summed E-state index contributed by atoms with van der Waals surface area (Å²) in [5, 5.41) is 1.69. The van der Waals surface area contributed by atoms with Gasteiger partial charge in [-0.3, -0.25) is 4.79 Å². The fourth-order valence-electron chi connectivity index (χ4n) is 2.01. The molecule has 1 aliphatic carbocycles. The molecule has 0 unspecified atom stereocenters. The summed E-state index contributed by atoms with van der Waals surface area (Å²) in [7, 11) is 1.64. The molecule has 3 nitrogen and oxygen atoms in total. The Morgan fingerprint density at radius 2 is 2.12 bits per heavy atom. The van der Waals surface area contributed by atoms with Gasteiger partial charge in [-0.25, -0.2) is 0 Å². The summed E-state index contributed by atoms with van der Waals surface area (Å²) in [6, 6.07) is 7.60. The smallest absolute Gasteiger partial charge is 0.256 e. The first-order valence-corrected chi connectivity index (χ1v) is 5.49. The van der Waals surface area contributed by atoms with Gasteiger partial charge in [0.05, 0.1) is 7.11 Å². The third-order valence-electron chi connectivity index (χ3n) is 3.09. The molecule has 0 aliphatic heterocycles. The van der Waals surface area contributed by atoms with Crippen LogP contribution in [0.2, 0.25) is 0 Å². The van der Waals surface area contributed by atoms with E-state index in [1.165, 1.54) is 12.8 Å². The number of aromatic nitrogens is 1. The van der Waals surface area contributed by atoms with Crippen LogP contribution in [-0.2, 0) is 0 Å². The van der Waals surface area contributed by atoms with Gasteiger partial charge >= 0.3 is 0 Å². The topological polar surface area (TPSA) is 42.1 Å². The zero-order valence-corrected chi connectivity index (χ0v) is 9.12. The van der Waals surface area contributed by atoms with E-state index in [1.54, 1.807) is 7.11 Å². The summed E-state index contributed by atoms with van der Waals surface area (Å²) in [6.07, 6.45) is 2.37. The first kappa shape index (κ1) is 9.46. The van der Waals surface area contributed by atoms with Crippen molar-refractivity contribution < 1.29 is 4.74 Å². The van der Waals surface area contributed by atoms with E-state index in [2.05, 4.69) is 11.1 Å². The predicted octanol–water partition coefficient (Wildman–Crippen LogP) is 2.41. The number of methoxy groups -OCH3 is 1. The SMILES string of the molecule is COc1ccc2c(=O)[nH]c(C3CC3)cc2c1. The molecule has 3 rings (SSSR count). The zero-order valence-electron chi connectivity index (χ0n) is 9.12. The fourth-order valence-corrected chi connectivity index (χ4v) is 2.01. The normalized spacial score (nSPS) is 15.3. The lowest BCUT2D eigenvalue weighted by molar-refractivity contribution is 0.415. The third-order valence-corrected chi connectivity index (χ3v) is 3.09. The Bertz CT molecular complexity index is 596. The second kappa shape index (κ2) is 3.37. The lowest BCUT2D eigenvalue weighted by Gasteiger charge is -2.04. The maximum Gasteiger partial charge on any atom is 0.256 e. The number of ether oxygens (including phenoxy) is 1. The first-order valence-electron chi connectivity index (χ1n) is 5.49. The number of hydrogen-bond donors (Lipinski definition) is 1. The van der Waals surface area contributed by atoms with E-state index >= 15 is 0 Å². The van der Waals surface area contributed by atoms with Gasteiger partial charge in [-0.05, 0) is 48.4 Å². The number of aromatic amines is 1. The molecule has 1 aliphatic rings. The molecule has 1 aromatic carbocycles. The van der Waals surface area contributed by atoms with Gasteiger partial charge in [-0.2, -0.15) is 0 Å². The largest absolute Gasteiger partial charge is 0.497 e. The summed E-state index contributed by atoms with van der Waals surface area (Å²) >= 11 is 0. The van der Waals surface area contributed by atoms with Crippen molar-refractivity contribution in [3.05, 3.63) is 40.3 Å². The molecule has 2 aromatic rings. The summed E-state index contributed by atoms with van der Waals surface area (Å²) in [6.45, 7) is 0. The maximum absolute atomic E-state index is 11.8. The van der Waals surface area contributed by atoms with Crippen molar-refractivity contribution in [3.63, 3.8) is 0 Å². The Balaban J connectivity index is 2.25. The zero-order chi connectivity index (χ0) is 11.1. The second-order valence-corrected chi connectivity index (χ2v) is 4.28. The summed E-state index contributed by atoms with van der Waals surface area (Å²) in [5.41, 5.74) is 1.06. The number of rotatable bonds is 2. The number of nitrogens with one attached hydrogen (secondary N) is 1. The minimum atomic E-state index is 0.00190. The fraction of sp³-hybridized carbons (Fsp3) is 0.308. The molecule has 0 amide bonds. The molecule has 0 radical (unpaired) electrons. The van der Waals surface area contributed by atoms with Gasteiger partial charge < -0.3 is 9.72 Å². The van der Waals surface area contributed by atoms with Gasteiger partial charge in [-0.15, -0.1) is 0 Å². The average Bonchev–Trinajstić information content (AvgIpc) is 3.12. The molecule has 1 N–H and O–H groups in total. The second-order valence-electron chi connectivity index (χ2n) is 4.28. The number of benzene rings is 1. The minimum Gasteiger partial charge on any atom is -0.497 e. The Labute approximate surface area is 93.1 Å². The molecule has 1 aromatic heterocycles. The van der Waals surface area contributed by atoms with Gasteiger partial charge in [0.25, 0.3) is 5.56 Å². The van der Waals surface area contributed by atoms with E-state index in [-0.39, 0.29) is 5.56 Å². The molecular weight excluding hydrogens is 202 g/mol. The molecule has 3 heteroatoms. The van der Waals surface area contributed by atoms with Crippen LogP contribution in [0.15, 0.2) is 29.1 Å². The molecule has 1 saturated carbocycles. The number of pyridine rings is 1. The standard InChI is InChI=1S/C13H13NO2/c1-16-10-4-5-11-9(6-10)7-12(8-2-3-8)14-13(11)15/h4-8H,2-3H2,1H3,(H,14,15). The van der Waals surface area contributed by atoms with Crippen molar-refractivity contribution in [2.75, 3.05) is 7.11 Å². The highest BCUT2D eigenvalue weighted by molar-refractivity contribution is 5.83. The molecule has 1 heterocycles. The molecule has 16 heavy (non-hydrogen) atoms. The molecule has 1 fully saturated rings. The van der Waals surface area contributed by atoms with Gasteiger partial charge in [0.2, 0.25) is 0 Å². The molecule has 0 atom stereocenters. The van der Waals surface area contributed by atoms with E-state index in [0.717, 1.165) is 22.2 Å². The van der Waals surface area contributed by atoms with Gasteiger partial charge in [0.1, 0.15) is 5.75 Å². The van der Waals surface area contributed by atoms with Gasteiger partial charge in [0, 0.05) is 11.1 Å². The summed E-state index contributed by atoms with van der Waals surface area (Å²) in [4.78, 5) is 14.8. The van der Waals surface area contributed by atoms with Crippen LogP contribution in [0, 0.1) is 0 Å². The van der Waals surface area contributed by atoms with Crippen LogP contribution >= 0.6 is 0 Å². The average molecular weight is 215 g/mol. The Hall–Kier alpha value is -1.77. The van der Waals surface area contributed by atoms with E-state index in [0.29, 0.717) is 5.92 Å². The Morgan fingerprint density at radius 1 is 1.31 bits per heavy atom. The van der Waals surface area contributed by atoms with Crippen LogP contribution < -0.4 is 10.3 Å². The van der Waals surface area contributed by atoms with Crippen LogP contribution in [0.25, 0.3) is 10.8 Å². The van der Waals surface area contributed by atoms with Gasteiger partial charge in [-0.1, -0.05) is 0 Å². The maximum atomic E-state index is 11.8. The highest BCUT2D eigenvalue weighted by atomic mass is 16.5. The van der Waals surface area contributed by atoms with Crippen LogP contribution in [-0.4, -0.2) is 12.1 Å². The molecule has 0 bridgehead atoms. The van der Waals surface area contributed by atoms with Crippen molar-refractivity contribution in [2.45, 2.75) is 18.8 Å². The number of fused-ring (bicyclic) bond motifs is 1. The third kappa shape index (κ3) is 1.48. The van der Waals surface area contributed by atoms with E-state index in [4.69, 9.17) is 4.74 Å². The molecule has 0 saturated heterocycles. The highest BCUT2D eigenvalue weighted by Crippen LogP contribution is 2.39. The lowest BCUT2D eigenvalue weighted by atomic mass is 10.1. The van der Waals surface area contributed by atoms with E-state index < -0.39 is 0 Å². The minimum absolute atomic E-state index is 0.00190. The Morgan fingerprint density at radius 3 is 2.81 bits per heavy atom. The van der Waals surface area contributed by atoms with E-state index in [1.807, 2.05) is 18.2 Å². The van der Waals surface area contributed by atoms with Crippen LogP contribution in [0.4, 0.5) is 0 Å². The van der Waals surface area contributed by atoms with Crippen molar-refractivity contribution in [1.82, 2.24) is 4.98 Å². The first-order chi connectivity index (χ1) is 7.78. The molecular formula is C13H13NO2. The van der Waals surface area contributed by atoms with Gasteiger partial charge in [0.15, 0.2) is 0 Å². The highest BCUT2D eigenvalue weighted by Gasteiger charge is 2.24.